The largest absolute Gasteiger partial charge is 0.493 e. The van der Waals surface area contributed by atoms with Crippen molar-refractivity contribution in [2.45, 2.75) is 20.3 Å². The van der Waals surface area contributed by atoms with Crippen LogP contribution in [0.25, 0.3) is 0 Å². The third-order valence-electron chi connectivity index (χ3n) is 2.74. The van der Waals surface area contributed by atoms with Crippen LogP contribution >= 0.6 is 45.2 Å². The van der Waals surface area contributed by atoms with Gasteiger partial charge in [-0.05, 0) is 60.2 Å². The highest BCUT2D eigenvalue weighted by Gasteiger charge is 2.08. The topological polar surface area (TPSA) is 44.8 Å². The predicted molar refractivity (Wildman–Crippen MR) is 104 cm³/mol. The molecule has 0 unspecified atom stereocenters. The van der Waals surface area contributed by atoms with E-state index in [0.717, 1.165) is 19.5 Å². The van der Waals surface area contributed by atoms with Crippen LogP contribution in [0.2, 0.25) is 0 Å². The predicted octanol–water partition coefficient (Wildman–Crippen LogP) is 4.38. The summed E-state index contributed by atoms with van der Waals surface area (Å²) in [7, 11) is 0. The third-order valence-corrected chi connectivity index (χ3v) is 4.02. The van der Waals surface area contributed by atoms with Crippen molar-refractivity contribution in [3.05, 3.63) is 33.4 Å². The molecule has 0 atom stereocenters. The van der Waals surface area contributed by atoms with Crippen molar-refractivity contribution >= 4 is 51.2 Å². The lowest BCUT2D eigenvalue weighted by Crippen LogP contribution is -2.08. The van der Waals surface area contributed by atoms with Crippen molar-refractivity contribution in [1.29, 1.82) is 0 Å². The average Bonchev–Trinajstić information content (AvgIpc) is 2.51. The van der Waals surface area contributed by atoms with E-state index in [9.17, 15) is 4.79 Å². The minimum atomic E-state index is -0.272. The van der Waals surface area contributed by atoms with E-state index >= 15 is 0 Å². The molecule has 0 heterocycles. The molecule has 0 saturated carbocycles. The molecule has 0 aromatic heterocycles. The van der Waals surface area contributed by atoms with Gasteiger partial charge in [0.25, 0.3) is 0 Å². The summed E-state index contributed by atoms with van der Waals surface area (Å²) in [4.78, 5) is 11.7. The van der Waals surface area contributed by atoms with E-state index in [1.54, 1.807) is 13.0 Å². The van der Waals surface area contributed by atoms with E-state index in [0.29, 0.717) is 31.8 Å². The summed E-state index contributed by atoms with van der Waals surface area (Å²) in [5, 5.41) is 0. The van der Waals surface area contributed by atoms with Gasteiger partial charge in [0.05, 0.1) is 16.8 Å². The molecule has 0 bridgehead atoms. The van der Waals surface area contributed by atoms with Crippen molar-refractivity contribution in [2.24, 2.45) is 0 Å². The zero-order valence-electron chi connectivity index (χ0n) is 12.7. The van der Waals surface area contributed by atoms with Crippen molar-refractivity contribution in [2.75, 3.05) is 24.2 Å². The summed E-state index contributed by atoms with van der Waals surface area (Å²) < 4.78 is 18.2. The Labute approximate surface area is 158 Å². The molecule has 0 fully saturated rings. The third kappa shape index (κ3) is 6.72. The number of halogens is 2. The molecule has 4 nitrogen and oxygen atoms in total. The van der Waals surface area contributed by atoms with Crippen molar-refractivity contribution in [3.8, 4) is 11.5 Å². The molecule has 0 aliphatic rings. The van der Waals surface area contributed by atoms with Crippen molar-refractivity contribution in [1.82, 2.24) is 0 Å². The molecule has 0 amide bonds. The number of esters is 1. The molecule has 1 rings (SSSR count). The molecule has 122 valence electrons. The van der Waals surface area contributed by atoms with Gasteiger partial charge in [0.15, 0.2) is 0 Å². The minimum Gasteiger partial charge on any atom is -0.493 e. The Morgan fingerprint density at radius 1 is 1.27 bits per heavy atom. The van der Waals surface area contributed by atoms with Gasteiger partial charge in [-0.2, -0.15) is 0 Å². The molecule has 0 spiro atoms. The first-order valence-corrected chi connectivity index (χ1v) is 9.70. The van der Waals surface area contributed by atoms with Crippen LogP contribution in [0, 0.1) is 3.57 Å². The fourth-order valence-electron chi connectivity index (χ4n) is 1.67. The zero-order chi connectivity index (χ0) is 16.4. The lowest BCUT2D eigenvalue weighted by atomic mass is 10.2. The lowest BCUT2D eigenvalue weighted by Gasteiger charge is -2.10. The smallest absolute Gasteiger partial charge is 0.333 e. The molecule has 1 aromatic carbocycles. The van der Waals surface area contributed by atoms with Gasteiger partial charge in [-0.3, -0.25) is 0 Å². The highest BCUT2D eigenvalue weighted by atomic mass is 127. The Hall–Kier alpha value is -0.510. The summed E-state index contributed by atoms with van der Waals surface area (Å²) in [5.41, 5.74) is 0.638. The van der Waals surface area contributed by atoms with Gasteiger partial charge in [0.2, 0.25) is 0 Å². The van der Waals surface area contributed by atoms with E-state index < -0.39 is 0 Å². The lowest BCUT2D eigenvalue weighted by molar-refractivity contribution is -0.138. The Kier molecular flexibility index (Phi) is 9.85. The number of hydrogen-bond donors (Lipinski definition) is 0. The van der Waals surface area contributed by atoms with Gasteiger partial charge < -0.3 is 14.2 Å². The van der Waals surface area contributed by atoms with Crippen LogP contribution in [-0.4, -0.2) is 30.2 Å². The fraction of sp³-hybridized carbons (Fsp3) is 0.438. The number of ether oxygens (including phenoxy) is 3. The highest BCUT2D eigenvalue weighted by molar-refractivity contribution is 14.1. The quantitative estimate of drug-likeness (QED) is 0.206. The van der Waals surface area contributed by atoms with Gasteiger partial charge in [-0.15, -0.1) is 0 Å². The molecule has 0 N–H and O–H groups in total. The Bertz CT molecular complexity index is 515. The SMILES string of the molecule is CCOC(=O)/C(=C/COc1ccc(OCCI)cc1I)CC. The monoisotopic (exact) mass is 530 g/mol. The van der Waals surface area contributed by atoms with Crippen LogP contribution in [-0.2, 0) is 9.53 Å². The maximum Gasteiger partial charge on any atom is 0.333 e. The molecule has 0 aliphatic heterocycles. The molecule has 22 heavy (non-hydrogen) atoms. The molecule has 6 heteroatoms. The van der Waals surface area contributed by atoms with Crippen LogP contribution in [0.15, 0.2) is 29.8 Å². The Balaban J connectivity index is 2.61. The molecular formula is C16H20I2O4. The fourth-order valence-corrected chi connectivity index (χ4v) is 2.54. The summed E-state index contributed by atoms with van der Waals surface area (Å²) in [6, 6.07) is 5.71. The summed E-state index contributed by atoms with van der Waals surface area (Å²) in [6.45, 7) is 5.13. The van der Waals surface area contributed by atoms with Gasteiger partial charge in [0, 0.05) is 10.0 Å². The number of benzene rings is 1. The first kappa shape index (κ1) is 19.5. The molecular weight excluding hydrogens is 510 g/mol. The minimum absolute atomic E-state index is 0.272. The highest BCUT2D eigenvalue weighted by Crippen LogP contribution is 2.26. The van der Waals surface area contributed by atoms with Crippen LogP contribution in [0.5, 0.6) is 11.5 Å². The first-order chi connectivity index (χ1) is 10.6. The van der Waals surface area contributed by atoms with Gasteiger partial charge in [-0.1, -0.05) is 29.5 Å². The van der Waals surface area contributed by atoms with Gasteiger partial charge in [0.1, 0.15) is 18.1 Å². The summed E-state index contributed by atoms with van der Waals surface area (Å²) in [6.07, 6.45) is 2.40. The Morgan fingerprint density at radius 2 is 2.05 bits per heavy atom. The number of carbonyl (C=O) groups is 1. The molecule has 0 radical (unpaired) electrons. The normalized spacial score (nSPS) is 11.2. The maximum atomic E-state index is 11.7. The van der Waals surface area contributed by atoms with E-state index in [4.69, 9.17) is 14.2 Å². The van der Waals surface area contributed by atoms with Crippen molar-refractivity contribution in [3.63, 3.8) is 0 Å². The van der Waals surface area contributed by atoms with Crippen LogP contribution in [0.3, 0.4) is 0 Å². The second-order valence-corrected chi connectivity index (χ2v) is 6.49. The molecule has 1 aromatic rings. The van der Waals surface area contributed by atoms with Gasteiger partial charge >= 0.3 is 5.97 Å². The van der Waals surface area contributed by atoms with Crippen molar-refractivity contribution < 1.29 is 19.0 Å². The number of hydrogen-bond acceptors (Lipinski definition) is 4. The summed E-state index contributed by atoms with van der Waals surface area (Å²) >= 11 is 4.48. The number of rotatable bonds is 9. The first-order valence-electron chi connectivity index (χ1n) is 7.09. The average molecular weight is 530 g/mol. The summed E-state index contributed by atoms with van der Waals surface area (Å²) in [5.74, 6) is 1.34. The van der Waals surface area contributed by atoms with E-state index in [2.05, 4.69) is 45.2 Å². The maximum absolute atomic E-state index is 11.7. The zero-order valence-corrected chi connectivity index (χ0v) is 17.0. The van der Waals surface area contributed by atoms with Gasteiger partial charge in [-0.25, -0.2) is 4.79 Å². The van der Waals surface area contributed by atoms with E-state index in [-0.39, 0.29) is 5.97 Å². The molecule has 0 aliphatic carbocycles. The standard InChI is InChI=1S/C16H20I2O4/c1-3-12(16(19)20-4-2)7-9-22-15-6-5-13(11-14(15)18)21-10-8-17/h5-7,11H,3-4,8-10H2,1-2H3/b12-7+. The van der Waals surface area contributed by atoms with Crippen LogP contribution in [0.1, 0.15) is 20.3 Å². The van der Waals surface area contributed by atoms with E-state index in [1.807, 2.05) is 25.1 Å². The number of alkyl halides is 1. The number of carbonyl (C=O) groups excluding carboxylic acids is 1. The van der Waals surface area contributed by atoms with Crippen LogP contribution < -0.4 is 9.47 Å². The Morgan fingerprint density at radius 3 is 2.64 bits per heavy atom. The van der Waals surface area contributed by atoms with E-state index in [1.165, 1.54) is 0 Å². The molecule has 0 saturated heterocycles. The second-order valence-electron chi connectivity index (χ2n) is 4.24. The second kappa shape index (κ2) is 11.1. The van der Waals surface area contributed by atoms with Crippen LogP contribution in [0.4, 0.5) is 0 Å².